The molecule has 2 rings (SSSR count). The molecule has 22 heavy (non-hydrogen) atoms. The lowest BCUT2D eigenvalue weighted by molar-refractivity contribution is -0.141. The molecule has 2 heterocycles. The Labute approximate surface area is 127 Å². The highest BCUT2D eigenvalue weighted by Crippen LogP contribution is 2.28. The van der Waals surface area contributed by atoms with Crippen LogP contribution >= 0.6 is 0 Å². The van der Waals surface area contributed by atoms with E-state index in [1.165, 1.54) is 12.3 Å². The molecular formula is C16H18F3N3. The molecule has 0 N–H and O–H groups in total. The molecule has 0 unspecified atom stereocenters. The Balaban J connectivity index is 2.09. The van der Waals surface area contributed by atoms with E-state index >= 15 is 0 Å². The van der Waals surface area contributed by atoms with Crippen LogP contribution in [-0.2, 0) is 12.7 Å². The maximum absolute atomic E-state index is 12.5. The van der Waals surface area contributed by atoms with E-state index in [0.29, 0.717) is 6.54 Å². The van der Waals surface area contributed by atoms with Crippen molar-refractivity contribution in [1.29, 1.82) is 0 Å². The highest BCUT2D eigenvalue weighted by atomic mass is 19.4. The Morgan fingerprint density at radius 2 is 1.95 bits per heavy atom. The summed E-state index contributed by atoms with van der Waals surface area (Å²) >= 11 is 0. The van der Waals surface area contributed by atoms with Crippen molar-refractivity contribution in [1.82, 2.24) is 14.9 Å². The molecule has 0 aliphatic heterocycles. The molecule has 0 aliphatic carbocycles. The quantitative estimate of drug-likeness (QED) is 0.833. The van der Waals surface area contributed by atoms with Crippen molar-refractivity contribution in [3.8, 4) is 0 Å². The maximum atomic E-state index is 12.5. The van der Waals surface area contributed by atoms with Gasteiger partial charge in [-0.05, 0) is 36.7 Å². The van der Waals surface area contributed by atoms with Crippen LogP contribution in [0.25, 0.3) is 0 Å². The molecule has 6 heteroatoms. The van der Waals surface area contributed by atoms with Crippen LogP contribution in [0, 0.1) is 0 Å². The third kappa shape index (κ3) is 4.04. The SMILES string of the molecule is CC[C@H](c1cccnc1)N(C)Cc1ccc(C(F)(F)F)nc1. The highest BCUT2D eigenvalue weighted by Gasteiger charge is 2.32. The summed E-state index contributed by atoms with van der Waals surface area (Å²) in [5, 5.41) is 0. The Kier molecular flexibility index (Phi) is 5.13. The molecule has 0 bridgehead atoms. The number of hydrogen-bond donors (Lipinski definition) is 0. The number of alkyl halides is 3. The minimum atomic E-state index is -4.40. The van der Waals surface area contributed by atoms with Crippen molar-refractivity contribution in [2.75, 3.05) is 7.05 Å². The number of nitrogens with zero attached hydrogens (tertiary/aromatic N) is 3. The monoisotopic (exact) mass is 309 g/mol. The minimum Gasteiger partial charge on any atom is -0.295 e. The Bertz CT molecular complexity index is 582. The van der Waals surface area contributed by atoms with Crippen LogP contribution in [0.15, 0.2) is 42.9 Å². The summed E-state index contributed by atoms with van der Waals surface area (Å²) in [4.78, 5) is 9.70. The maximum Gasteiger partial charge on any atom is 0.433 e. The van der Waals surface area contributed by atoms with Crippen LogP contribution in [0.4, 0.5) is 13.2 Å². The summed E-state index contributed by atoms with van der Waals surface area (Å²) in [6.07, 6.45) is 1.31. The second-order valence-corrected chi connectivity index (χ2v) is 5.17. The molecule has 1 atom stereocenters. The van der Waals surface area contributed by atoms with Crippen molar-refractivity contribution in [3.05, 3.63) is 59.7 Å². The third-order valence-corrected chi connectivity index (χ3v) is 3.54. The van der Waals surface area contributed by atoms with Crippen LogP contribution < -0.4 is 0 Å². The Morgan fingerprint density at radius 3 is 2.45 bits per heavy atom. The summed E-state index contributed by atoms with van der Waals surface area (Å²) < 4.78 is 37.5. The van der Waals surface area contributed by atoms with Gasteiger partial charge in [-0.1, -0.05) is 19.1 Å². The van der Waals surface area contributed by atoms with E-state index in [4.69, 9.17) is 0 Å². The average Bonchev–Trinajstić information content (AvgIpc) is 2.48. The molecule has 0 fully saturated rings. The molecule has 0 saturated carbocycles. The van der Waals surface area contributed by atoms with Crippen LogP contribution in [0.3, 0.4) is 0 Å². The van der Waals surface area contributed by atoms with Crippen molar-refractivity contribution >= 4 is 0 Å². The number of aromatic nitrogens is 2. The van der Waals surface area contributed by atoms with Crippen LogP contribution in [0.2, 0.25) is 0 Å². The summed E-state index contributed by atoms with van der Waals surface area (Å²) in [6.45, 7) is 2.59. The van der Waals surface area contributed by atoms with Gasteiger partial charge in [-0.25, -0.2) is 0 Å². The van der Waals surface area contributed by atoms with E-state index in [1.54, 1.807) is 6.20 Å². The van der Waals surface area contributed by atoms with Gasteiger partial charge in [0.15, 0.2) is 0 Å². The predicted molar refractivity (Wildman–Crippen MR) is 78.0 cm³/mol. The normalized spacial score (nSPS) is 13.4. The van der Waals surface area contributed by atoms with Crippen molar-refractivity contribution in [2.24, 2.45) is 0 Å². The highest BCUT2D eigenvalue weighted by molar-refractivity contribution is 5.18. The topological polar surface area (TPSA) is 29.0 Å². The zero-order chi connectivity index (χ0) is 16.2. The van der Waals surface area contributed by atoms with Crippen molar-refractivity contribution in [2.45, 2.75) is 32.1 Å². The number of hydrogen-bond acceptors (Lipinski definition) is 3. The first-order chi connectivity index (χ1) is 10.4. The molecule has 2 aromatic heterocycles. The molecule has 2 aromatic rings. The first-order valence-corrected chi connectivity index (χ1v) is 7.04. The minimum absolute atomic E-state index is 0.163. The van der Waals surface area contributed by atoms with E-state index in [1.807, 2.05) is 25.4 Å². The molecule has 118 valence electrons. The summed E-state index contributed by atoms with van der Waals surface area (Å²) in [6, 6.07) is 6.54. The number of rotatable bonds is 5. The standard InChI is InChI=1S/C16H18F3N3/c1-3-14(13-5-4-8-20-10-13)22(2)11-12-6-7-15(21-9-12)16(17,18)19/h4-10,14H,3,11H2,1-2H3/t14-/m1/s1. The molecule has 3 nitrogen and oxygen atoms in total. The Hall–Kier alpha value is -1.95. The fourth-order valence-corrected chi connectivity index (χ4v) is 2.46. The van der Waals surface area contributed by atoms with E-state index < -0.39 is 11.9 Å². The van der Waals surface area contributed by atoms with Gasteiger partial charge in [-0.15, -0.1) is 0 Å². The molecule has 0 aliphatic rings. The lowest BCUT2D eigenvalue weighted by atomic mass is 10.0. The third-order valence-electron chi connectivity index (χ3n) is 3.54. The van der Waals surface area contributed by atoms with Gasteiger partial charge in [0.2, 0.25) is 0 Å². The fourth-order valence-electron chi connectivity index (χ4n) is 2.46. The molecule has 0 amide bonds. The summed E-state index contributed by atoms with van der Waals surface area (Å²) in [5.41, 5.74) is 0.975. The van der Waals surface area contributed by atoms with Crippen molar-refractivity contribution in [3.63, 3.8) is 0 Å². The summed E-state index contributed by atoms with van der Waals surface area (Å²) in [7, 11) is 1.94. The van der Waals surface area contributed by atoms with Crippen LogP contribution in [-0.4, -0.2) is 21.9 Å². The van der Waals surface area contributed by atoms with Gasteiger partial charge < -0.3 is 0 Å². The van der Waals surface area contributed by atoms with E-state index in [9.17, 15) is 13.2 Å². The van der Waals surface area contributed by atoms with E-state index in [-0.39, 0.29) is 6.04 Å². The van der Waals surface area contributed by atoms with E-state index in [2.05, 4.69) is 21.8 Å². The molecule has 0 radical (unpaired) electrons. The van der Waals surface area contributed by atoms with Crippen LogP contribution in [0.1, 0.15) is 36.2 Å². The van der Waals surface area contributed by atoms with Crippen molar-refractivity contribution < 1.29 is 13.2 Å². The van der Waals surface area contributed by atoms with Gasteiger partial charge >= 0.3 is 6.18 Å². The van der Waals surface area contributed by atoms with Gasteiger partial charge in [0.1, 0.15) is 5.69 Å². The van der Waals surface area contributed by atoms with Gasteiger partial charge in [0, 0.05) is 31.2 Å². The number of pyridine rings is 2. The lowest BCUT2D eigenvalue weighted by Gasteiger charge is -2.27. The lowest BCUT2D eigenvalue weighted by Crippen LogP contribution is -2.24. The van der Waals surface area contributed by atoms with Gasteiger partial charge in [-0.3, -0.25) is 14.9 Å². The molecule has 0 saturated heterocycles. The smallest absolute Gasteiger partial charge is 0.295 e. The number of halogens is 3. The van der Waals surface area contributed by atoms with E-state index in [0.717, 1.165) is 23.6 Å². The van der Waals surface area contributed by atoms with Crippen LogP contribution in [0.5, 0.6) is 0 Å². The predicted octanol–water partition coefficient (Wildman–Crippen LogP) is 4.08. The van der Waals surface area contributed by atoms with Gasteiger partial charge in [0.25, 0.3) is 0 Å². The zero-order valence-corrected chi connectivity index (χ0v) is 12.5. The largest absolute Gasteiger partial charge is 0.433 e. The average molecular weight is 309 g/mol. The second kappa shape index (κ2) is 6.87. The fraction of sp³-hybridized carbons (Fsp3) is 0.375. The summed E-state index contributed by atoms with van der Waals surface area (Å²) in [5.74, 6) is 0. The zero-order valence-electron chi connectivity index (χ0n) is 12.5. The molecule has 0 aromatic carbocycles. The van der Waals surface area contributed by atoms with Gasteiger partial charge in [0.05, 0.1) is 0 Å². The second-order valence-electron chi connectivity index (χ2n) is 5.17. The molecule has 0 spiro atoms. The molecular weight excluding hydrogens is 291 g/mol. The first kappa shape index (κ1) is 16.4. The Morgan fingerprint density at radius 1 is 1.18 bits per heavy atom. The van der Waals surface area contributed by atoms with Gasteiger partial charge in [-0.2, -0.15) is 13.2 Å². The first-order valence-electron chi connectivity index (χ1n) is 7.04.